The van der Waals surface area contributed by atoms with Crippen molar-refractivity contribution in [2.45, 2.75) is 26.9 Å². The van der Waals surface area contributed by atoms with E-state index in [4.69, 9.17) is 11.6 Å². The summed E-state index contributed by atoms with van der Waals surface area (Å²) in [5.74, 6) is -0.313. The summed E-state index contributed by atoms with van der Waals surface area (Å²) in [6.07, 6.45) is 0.888. The average Bonchev–Trinajstić information content (AvgIpc) is 2.69. The van der Waals surface area contributed by atoms with Crippen LogP contribution < -0.4 is 26.8 Å². The lowest BCUT2D eigenvalue weighted by Crippen LogP contribution is -2.51. The van der Waals surface area contributed by atoms with Crippen LogP contribution in [-0.2, 0) is 0 Å². The zero-order chi connectivity index (χ0) is 22.1. The van der Waals surface area contributed by atoms with Gasteiger partial charge in [-0.2, -0.15) is 0 Å². The fraction of sp³-hybridized carbons (Fsp3) is 0.238. The molecule has 7 nitrogen and oxygen atoms in total. The lowest BCUT2D eigenvalue weighted by molar-refractivity contribution is 0.0913. The van der Waals surface area contributed by atoms with Crippen LogP contribution >= 0.6 is 27.5 Å². The first-order valence-corrected chi connectivity index (χ1v) is 10.3. The van der Waals surface area contributed by atoms with Gasteiger partial charge in [0.15, 0.2) is 5.15 Å². The van der Waals surface area contributed by atoms with Crippen LogP contribution in [0.25, 0.3) is 0 Å². The molecule has 0 bridgehead atoms. The normalized spacial score (nSPS) is 12.4. The number of aromatic nitrogens is 1. The number of carbonyl (C=O) groups excluding carboxylic acids is 1. The third-order valence-corrected chi connectivity index (χ3v) is 5.24. The molecule has 1 heterocycles. The van der Waals surface area contributed by atoms with Crippen LogP contribution in [0.3, 0.4) is 0 Å². The molecule has 1 aromatic heterocycles. The second-order valence-corrected chi connectivity index (χ2v) is 9.08. The van der Waals surface area contributed by atoms with Crippen molar-refractivity contribution in [1.82, 2.24) is 10.3 Å². The lowest BCUT2D eigenvalue weighted by atomic mass is 9.91. The summed E-state index contributed by atoms with van der Waals surface area (Å²) in [5.41, 5.74) is -0.752. The van der Waals surface area contributed by atoms with Gasteiger partial charge in [-0.3, -0.25) is 14.4 Å². The van der Waals surface area contributed by atoms with E-state index in [1.807, 2.05) is 26.8 Å². The maximum absolute atomic E-state index is 12.7. The van der Waals surface area contributed by atoms with E-state index in [1.165, 1.54) is 6.20 Å². The van der Waals surface area contributed by atoms with E-state index in [2.05, 4.69) is 36.9 Å². The summed E-state index contributed by atoms with van der Waals surface area (Å²) in [6.45, 7) is 5.72. The van der Waals surface area contributed by atoms with Gasteiger partial charge < -0.3 is 16.0 Å². The van der Waals surface area contributed by atoms with Crippen molar-refractivity contribution in [1.29, 1.82) is 0 Å². The molecular formula is C21H20BrClN4O3. The molecule has 3 N–H and O–H groups in total. The van der Waals surface area contributed by atoms with Crippen LogP contribution in [-0.4, -0.2) is 17.1 Å². The fourth-order valence-electron chi connectivity index (χ4n) is 2.72. The number of benzene rings is 1. The number of nitrogens with one attached hydrogen (secondary N) is 3. The molecule has 1 atom stereocenters. The zero-order valence-corrected chi connectivity index (χ0v) is 18.9. The van der Waals surface area contributed by atoms with Crippen molar-refractivity contribution in [3.8, 4) is 0 Å². The van der Waals surface area contributed by atoms with E-state index in [9.17, 15) is 14.4 Å². The molecule has 0 aliphatic rings. The van der Waals surface area contributed by atoms with Crippen molar-refractivity contribution in [2.24, 2.45) is 5.41 Å². The highest BCUT2D eigenvalue weighted by molar-refractivity contribution is 9.10. The Morgan fingerprint density at radius 2 is 1.80 bits per heavy atom. The van der Waals surface area contributed by atoms with Gasteiger partial charge in [0.05, 0.1) is 5.69 Å². The molecule has 0 aliphatic heterocycles. The van der Waals surface area contributed by atoms with Crippen molar-refractivity contribution < 1.29 is 4.79 Å². The minimum Gasteiger partial charge on any atom is -0.360 e. The van der Waals surface area contributed by atoms with Gasteiger partial charge in [-0.05, 0) is 30.3 Å². The topological polar surface area (TPSA) is 100 Å². The number of hydrogen-bond donors (Lipinski definition) is 3. The van der Waals surface area contributed by atoms with Crippen LogP contribution in [0.1, 0.15) is 31.1 Å². The molecule has 0 radical (unpaired) electrons. The molecule has 3 aromatic rings. The summed E-state index contributed by atoms with van der Waals surface area (Å²) in [7, 11) is 0. The van der Waals surface area contributed by atoms with Crippen LogP contribution in [0, 0.1) is 5.41 Å². The summed E-state index contributed by atoms with van der Waals surface area (Å²) in [5, 5.41) is 8.95. The summed E-state index contributed by atoms with van der Waals surface area (Å²) >= 11 is 9.38. The molecule has 0 saturated carbocycles. The van der Waals surface area contributed by atoms with Gasteiger partial charge in [0.25, 0.3) is 16.8 Å². The summed E-state index contributed by atoms with van der Waals surface area (Å²) < 4.78 is 0.776. The van der Waals surface area contributed by atoms with Gasteiger partial charge in [-0.25, -0.2) is 4.98 Å². The minimum atomic E-state index is -0.664. The summed E-state index contributed by atoms with van der Waals surface area (Å²) in [4.78, 5) is 41.0. The van der Waals surface area contributed by atoms with E-state index in [1.54, 1.807) is 30.3 Å². The molecule has 9 heteroatoms. The number of rotatable bonds is 6. The van der Waals surface area contributed by atoms with Crippen molar-refractivity contribution in [3.05, 3.63) is 78.2 Å². The molecule has 2 aromatic carbocycles. The van der Waals surface area contributed by atoms with Crippen molar-refractivity contribution >= 4 is 50.5 Å². The van der Waals surface area contributed by atoms with E-state index in [-0.39, 0.29) is 22.4 Å². The van der Waals surface area contributed by atoms with E-state index < -0.39 is 22.4 Å². The number of carbonyl (C=O) groups is 1. The van der Waals surface area contributed by atoms with E-state index in [0.717, 1.165) is 4.47 Å². The molecule has 3 rings (SSSR count). The van der Waals surface area contributed by atoms with Crippen molar-refractivity contribution in [3.63, 3.8) is 0 Å². The highest BCUT2D eigenvalue weighted by Crippen LogP contribution is 2.28. The van der Waals surface area contributed by atoms with Crippen molar-refractivity contribution in [2.75, 3.05) is 10.6 Å². The molecular weight excluding hydrogens is 472 g/mol. The van der Waals surface area contributed by atoms with Crippen LogP contribution in [0.5, 0.6) is 0 Å². The molecule has 1 amide bonds. The Kier molecular flexibility index (Phi) is 6.28. The largest absolute Gasteiger partial charge is 0.360 e. The Morgan fingerprint density at radius 1 is 1.10 bits per heavy atom. The van der Waals surface area contributed by atoms with Crippen LogP contribution in [0.2, 0.25) is 5.15 Å². The first-order chi connectivity index (χ1) is 14.1. The Labute approximate surface area is 186 Å². The maximum Gasteiger partial charge on any atom is 0.253 e. The Balaban J connectivity index is 1.85. The number of hydrogen-bond acceptors (Lipinski definition) is 6. The molecule has 30 heavy (non-hydrogen) atoms. The Morgan fingerprint density at radius 3 is 2.43 bits per heavy atom. The zero-order valence-electron chi connectivity index (χ0n) is 16.5. The number of amides is 1. The molecule has 0 saturated heterocycles. The third kappa shape index (κ3) is 4.71. The SMILES string of the molecule is CC(C)(C)C(NC(=O)c1cccc(Br)c1)Nc1c(Nc2cccnc2Cl)c(=O)c1=O. The molecule has 0 fully saturated rings. The van der Waals surface area contributed by atoms with Gasteiger partial charge in [-0.15, -0.1) is 0 Å². The first kappa shape index (κ1) is 22.0. The van der Waals surface area contributed by atoms with Gasteiger partial charge in [0.1, 0.15) is 17.5 Å². The Bertz CT molecular complexity index is 1170. The monoisotopic (exact) mass is 490 g/mol. The van der Waals surface area contributed by atoms with Gasteiger partial charge in [0, 0.05) is 21.6 Å². The second kappa shape index (κ2) is 8.57. The molecule has 0 spiro atoms. The average molecular weight is 492 g/mol. The van der Waals surface area contributed by atoms with Crippen LogP contribution in [0.4, 0.5) is 17.1 Å². The first-order valence-electron chi connectivity index (χ1n) is 9.11. The number of nitrogens with zero attached hydrogens (tertiary/aromatic N) is 1. The Hall–Kier alpha value is -2.71. The van der Waals surface area contributed by atoms with E-state index in [0.29, 0.717) is 11.3 Å². The maximum atomic E-state index is 12.7. The van der Waals surface area contributed by atoms with Gasteiger partial charge in [-0.1, -0.05) is 54.4 Å². The summed E-state index contributed by atoms with van der Waals surface area (Å²) in [6, 6.07) is 10.3. The number of pyridine rings is 1. The highest BCUT2D eigenvalue weighted by atomic mass is 79.9. The third-order valence-electron chi connectivity index (χ3n) is 4.45. The smallest absolute Gasteiger partial charge is 0.253 e. The fourth-order valence-corrected chi connectivity index (χ4v) is 3.29. The van der Waals surface area contributed by atoms with Gasteiger partial charge in [0.2, 0.25) is 0 Å². The lowest BCUT2D eigenvalue weighted by Gasteiger charge is -2.33. The van der Waals surface area contributed by atoms with Gasteiger partial charge >= 0.3 is 0 Å². The predicted molar refractivity (Wildman–Crippen MR) is 122 cm³/mol. The predicted octanol–water partition coefficient (Wildman–Crippen LogP) is 4.05. The molecule has 0 aliphatic carbocycles. The standard InChI is InChI=1S/C21H20BrClN4O3/c1-21(2,3)20(27-19(30)11-6-4-7-12(22)10-11)26-15-14(16(28)17(15)29)25-13-8-5-9-24-18(13)23/h4-10,20,25-26H,1-3H3,(H,27,30). The number of anilines is 3. The minimum absolute atomic E-state index is 0.0841. The second-order valence-electron chi connectivity index (χ2n) is 7.80. The molecule has 156 valence electrons. The molecule has 1 unspecified atom stereocenters. The number of halogens is 2. The quantitative estimate of drug-likeness (QED) is 0.273. The highest BCUT2D eigenvalue weighted by Gasteiger charge is 2.31. The van der Waals surface area contributed by atoms with E-state index >= 15 is 0 Å². The van der Waals surface area contributed by atoms with Crippen LogP contribution in [0.15, 0.2) is 56.7 Å².